The van der Waals surface area contributed by atoms with Gasteiger partial charge in [0.2, 0.25) is 5.78 Å². The molecule has 0 spiro atoms. The number of Topliss-reactive ketones (excluding diaryl/α,β-unsaturated/α-hetero) is 1. The molecule has 1 aliphatic rings. The average Bonchev–Trinajstić information content (AvgIpc) is 3.00. The molecule has 1 atom stereocenters. The zero-order chi connectivity index (χ0) is 20.4. The number of hydrogen-bond donors (Lipinski definition) is 2. The number of carbonyl (C=O) groups excluding carboxylic acids is 4. The first-order chi connectivity index (χ1) is 12.6. The molecule has 0 bridgehead atoms. The quantitative estimate of drug-likeness (QED) is 0.232. The Bertz CT molecular complexity index is 808. The lowest BCUT2D eigenvalue weighted by Crippen LogP contribution is -2.79. The molecular weight excluding hydrogens is 384 g/mol. The van der Waals surface area contributed by atoms with Crippen LogP contribution < -0.4 is 11.5 Å². The first-order valence-electron chi connectivity index (χ1n) is 7.25. The van der Waals surface area contributed by atoms with Crippen LogP contribution in [0.3, 0.4) is 0 Å². The van der Waals surface area contributed by atoms with Crippen molar-refractivity contribution in [3.8, 4) is 0 Å². The van der Waals surface area contributed by atoms with E-state index in [9.17, 15) is 19.2 Å². The van der Waals surface area contributed by atoms with Gasteiger partial charge in [-0.25, -0.2) is 9.99 Å². The minimum atomic E-state index is -2.06. The zero-order valence-corrected chi connectivity index (χ0v) is 15.3. The van der Waals surface area contributed by atoms with Crippen molar-refractivity contribution < 1.29 is 33.7 Å². The van der Waals surface area contributed by atoms with E-state index in [2.05, 4.69) is 24.7 Å². The number of nitrogen functional groups attached to an aromatic ring is 1. The van der Waals surface area contributed by atoms with Crippen LogP contribution in [0.2, 0.25) is 0 Å². The molecule has 14 heteroatoms. The van der Waals surface area contributed by atoms with E-state index in [1.54, 1.807) is 0 Å². The van der Waals surface area contributed by atoms with Crippen molar-refractivity contribution in [2.45, 2.75) is 19.4 Å². The van der Waals surface area contributed by atoms with E-state index in [1.807, 2.05) is 0 Å². The highest BCUT2D eigenvalue weighted by molar-refractivity contribution is 7.13. The van der Waals surface area contributed by atoms with E-state index >= 15 is 0 Å². The number of hydrogen-bond acceptors (Lipinski definition) is 13. The van der Waals surface area contributed by atoms with Crippen LogP contribution in [0.25, 0.3) is 0 Å². The predicted octanol–water partition coefficient (Wildman–Crippen LogP) is -1.64. The second-order valence-corrected chi connectivity index (χ2v) is 6.15. The van der Waals surface area contributed by atoms with Crippen LogP contribution in [-0.4, -0.2) is 63.9 Å². The fraction of sp³-hybridized carbons (Fsp3) is 0.385. The van der Waals surface area contributed by atoms with Gasteiger partial charge in [-0.1, -0.05) is 5.16 Å². The van der Waals surface area contributed by atoms with Gasteiger partial charge < -0.3 is 26.0 Å². The van der Waals surface area contributed by atoms with Gasteiger partial charge in [0, 0.05) is 19.2 Å². The number of hydrazine groups is 1. The molecule has 1 unspecified atom stereocenters. The molecule has 13 nitrogen and oxygen atoms in total. The van der Waals surface area contributed by atoms with Crippen LogP contribution in [-0.2, 0) is 33.7 Å². The van der Waals surface area contributed by atoms with Crippen molar-refractivity contribution in [3.63, 3.8) is 0 Å². The number of aromatic nitrogens is 1. The largest absolute Gasteiger partial charge is 0.398 e. The molecule has 1 aromatic heterocycles. The summed E-state index contributed by atoms with van der Waals surface area (Å²) in [5, 5.41) is 6.12. The topological polar surface area (TPSA) is 180 Å². The third-order valence-electron chi connectivity index (χ3n) is 3.19. The van der Waals surface area contributed by atoms with Crippen molar-refractivity contribution in [2.24, 2.45) is 10.9 Å². The summed E-state index contributed by atoms with van der Waals surface area (Å²) in [4.78, 5) is 65.3. The molecule has 4 N–H and O–H groups in total. The highest BCUT2D eigenvalue weighted by Gasteiger charge is 2.60. The Kier molecular flexibility index (Phi) is 5.72. The Morgan fingerprint density at radius 3 is 2.33 bits per heavy atom. The molecule has 1 aromatic rings. The molecule has 0 aromatic carbocycles. The van der Waals surface area contributed by atoms with Gasteiger partial charge in [-0.15, -0.1) is 11.3 Å². The summed E-state index contributed by atoms with van der Waals surface area (Å²) in [7, 11) is 1.20. The molecule has 2 heterocycles. The molecule has 27 heavy (non-hydrogen) atoms. The summed E-state index contributed by atoms with van der Waals surface area (Å²) in [6.07, 6.45) is 0. The monoisotopic (exact) mass is 400 g/mol. The summed E-state index contributed by atoms with van der Waals surface area (Å²) in [6, 6.07) is 0. The fourth-order valence-electron chi connectivity index (χ4n) is 2.06. The second-order valence-electron chi connectivity index (χ2n) is 5.26. The first-order valence-corrected chi connectivity index (χ1v) is 8.13. The van der Waals surface area contributed by atoms with Crippen molar-refractivity contribution >= 4 is 45.8 Å². The minimum Gasteiger partial charge on any atom is -0.398 e. The molecule has 1 fully saturated rings. The summed E-state index contributed by atoms with van der Waals surface area (Å²) < 4.78 is 0. The molecule has 0 radical (unpaired) electrons. The summed E-state index contributed by atoms with van der Waals surface area (Å²) in [5.74, 6) is -3.64. The Labute approximate surface area is 156 Å². The van der Waals surface area contributed by atoms with Crippen molar-refractivity contribution in [3.05, 3.63) is 11.1 Å². The maximum atomic E-state index is 12.8. The highest BCUT2D eigenvalue weighted by atomic mass is 32.1. The Hall–Kier alpha value is -3.10. The summed E-state index contributed by atoms with van der Waals surface area (Å²) in [5.41, 5.74) is 9.16. The number of amides is 1. The van der Waals surface area contributed by atoms with Gasteiger partial charge >= 0.3 is 11.9 Å². The molecule has 146 valence electrons. The number of anilines is 1. The smallest absolute Gasteiger partial charge is 0.328 e. The minimum absolute atomic E-state index is 0.0808. The average molecular weight is 400 g/mol. The standard InChI is InChI=1S/C13H16N6O7S/c1-6(20)25-19(26-7(2)21)18-5-13(15,11(18)23)10(22)9(17-24-3)8-4-27-12(14)16-8/h4H,5,15H2,1-3H3,(H2,14,16)/b17-9-. The van der Waals surface area contributed by atoms with E-state index < -0.39 is 35.7 Å². The molecule has 0 aliphatic carbocycles. The number of nitrogens with two attached hydrogens (primary N) is 2. The predicted molar refractivity (Wildman–Crippen MR) is 89.1 cm³/mol. The SMILES string of the molecule is CO/N=C(\C(=O)C1(N)CN(N(OC(C)=O)OC(C)=O)C1=O)c1csc(N)n1. The first kappa shape index (κ1) is 20.2. The molecule has 2 rings (SSSR count). The van der Waals surface area contributed by atoms with Crippen molar-refractivity contribution in [2.75, 3.05) is 19.4 Å². The molecule has 1 amide bonds. The number of rotatable bonds is 7. The van der Waals surface area contributed by atoms with E-state index in [-0.39, 0.29) is 21.9 Å². The van der Waals surface area contributed by atoms with Gasteiger partial charge in [0.15, 0.2) is 16.4 Å². The maximum absolute atomic E-state index is 12.8. The lowest BCUT2D eigenvalue weighted by Gasteiger charge is -2.45. The lowest BCUT2D eigenvalue weighted by atomic mass is 9.83. The normalized spacial score (nSPS) is 19.5. The number of ketones is 1. The highest BCUT2D eigenvalue weighted by Crippen LogP contribution is 2.26. The van der Waals surface area contributed by atoms with Gasteiger partial charge in [0.1, 0.15) is 18.1 Å². The summed E-state index contributed by atoms with van der Waals surface area (Å²) >= 11 is 1.05. The van der Waals surface area contributed by atoms with Crippen LogP contribution in [0.5, 0.6) is 0 Å². The van der Waals surface area contributed by atoms with Crippen molar-refractivity contribution in [1.82, 2.24) is 15.3 Å². The maximum Gasteiger partial charge on any atom is 0.328 e. The third-order valence-corrected chi connectivity index (χ3v) is 3.87. The van der Waals surface area contributed by atoms with Crippen LogP contribution in [0.15, 0.2) is 10.5 Å². The van der Waals surface area contributed by atoms with Gasteiger partial charge in [0.05, 0.1) is 6.54 Å². The number of thiazole rings is 1. The Morgan fingerprint density at radius 2 is 1.93 bits per heavy atom. The van der Waals surface area contributed by atoms with Gasteiger partial charge in [-0.2, -0.15) is 0 Å². The number of nitrogens with zero attached hydrogens (tertiary/aromatic N) is 4. The number of oxime groups is 1. The lowest BCUT2D eigenvalue weighted by molar-refractivity contribution is -0.414. The zero-order valence-electron chi connectivity index (χ0n) is 14.5. The number of β-lactam (4-membered cyclic amide) rings is 1. The van der Waals surface area contributed by atoms with Gasteiger partial charge in [-0.3, -0.25) is 19.2 Å². The van der Waals surface area contributed by atoms with E-state index in [0.29, 0.717) is 5.01 Å². The number of carbonyl (C=O) groups is 4. The molecule has 1 aliphatic heterocycles. The van der Waals surface area contributed by atoms with Gasteiger partial charge in [0.25, 0.3) is 5.91 Å². The van der Waals surface area contributed by atoms with Crippen LogP contribution in [0, 0.1) is 0 Å². The van der Waals surface area contributed by atoms with Gasteiger partial charge in [-0.05, 0) is 0 Å². The molecular formula is C13H16N6O7S. The van der Waals surface area contributed by atoms with Crippen LogP contribution in [0.1, 0.15) is 19.5 Å². The van der Waals surface area contributed by atoms with E-state index in [0.717, 1.165) is 25.2 Å². The fourth-order valence-corrected chi connectivity index (χ4v) is 2.60. The molecule has 1 saturated heterocycles. The van der Waals surface area contributed by atoms with Crippen molar-refractivity contribution in [1.29, 1.82) is 0 Å². The third kappa shape index (κ3) is 4.02. The van der Waals surface area contributed by atoms with Crippen LogP contribution >= 0.6 is 11.3 Å². The van der Waals surface area contributed by atoms with Crippen LogP contribution in [0.4, 0.5) is 5.13 Å². The second kappa shape index (κ2) is 7.65. The van der Waals surface area contributed by atoms with E-state index in [1.165, 1.54) is 12.5 Å². The Balaban J connectivity index is 2.24. The molecule has 0 saturated carbocycles. The Morgan fingerprint density at radius 1 is 1.33 bits per heavy atom. The van der Waals surface area contributed by atoms with E-state index in [4.69, 9.17) is 11.5 Å². The summed E-state index contributed by atoms with van der Waals surface area (Å²) in [6.45, 7) is 1.59.